The third-order valence-corrected chi connectivity index (χ3v) is 5.37. The minimum Gasteiger partial charge on any atom is -0.466 e. The Balaban J connectivity index is 1.76. The van der Waals surface area contributed by atoms with Crippen molar-refractivity contribution in [2.24, 2.45) is 22.2 Å². The maximum Gasteiger partial charge on any atom is 0.311 e. The van der Waals surface area contributed by atoms with Crippen molar-refractivity contribution in [3.8, 4) is 5.88 Å². The molecule has 3 rings (SSSR count). The van der Waals surface area contributed by atoms with E-state index in [0.717, 1.165) is 37.1 Å². The first-order valence-electron chi connectivity index (χ1n) is 10.5. The van der Waals surface area contributed by atoms with Gasteiger partial charge in [0.05, 0.1) is 23.4 Å². The second-order valence-electron chi connectivity index (χ2n) is 8.80. The maximum absolute atomic E-state index is 12.1. The lowest BCUT2D eigenvalue weighted by Gasteiger charge is -2.26. The fourth-order valence-corrected chi connectivity index (χ4v) is 3.91. The van der Waals surface area contributed by atoms with Crippen molar-refractivity contribution in [2.45, 2.75) is 66.4 Å². The van der Waals surface area contributed by atoms with Crippen LogP contribution in [0.5, 0.6) is 5.88 Å². The fraction of sp³-hybridized carbons (Fsp3) is 0.714. The number of hydrogen-bond acceptors (Lipinski definition) is 7. The number of aromatic nitrogens is 2. The van der Waals surface area contributed by atoms with Crippen molar-refractivity contribution < 1.29 is 19.4 Å². The Labute approximate surface area is 168 Å². The number of aryl methyl sites for hydroxylation is 2. The van der Waals surface area contributed by atoms with Gasteiger partial charge < -0.3 is 14.6 Å². The number of fused-ring (bicyclic) bond motifs is 2. The second kappa shape index (κ2) is 8.15. The van der Waals surface area contributed by atoms with Crippen LogP contribution in [0.1, 0.15) is 58.0 Å². The average molecular weight is 392 g/mol. The van der Waals surface area contributed by atoms with Crippen molar-refractivity contribution in [3.05, 3.63) is 11.5 Å². The molecule has 0 bridgehead atoms. The lowest BCUT2D eigenvalue weighted by molar-refractivity contribution is -0.153. The van der Waals surface area contributed by atoms with Crippen molar-refractivity contribution in [1.29, 1.82) is 1.43 Å². The minimum atomic E-state index is -0.507. The molecule has 1 aromatic heterocycles. The predicted molar refractivity (Wildman–Crippen MR) is 106 cm³/mol. The molecule has 0 amide bonds. The number of aliphatic hydroxyl groups is 1. The van der Waals surface area contributed by atoms with Gasteiger partial charge in [0.25, 0.3) is 0 Å². The van der Waals surface area contributed by atoms with E-state index in [-0.39, 0.29) is 23.9 Å². The number of hydrogen-bond donors (Lipinski definition) is 1. The molecule has 154 valence electrons. The molecule has 1 aliphatic heterocycles. The summed E-state index contributed by atoms with van der Waals surface area (Å²) < 4.78 is 18.7. The predicted octanol–water partition coefficient (Wildman–Crippen LogP) is 3.31. The number of carbonyl (C=O) groups is 1. The van der Waals surface area contributed by atoms with Gasteiger partial charge in [-0.3, -0.25) is 4.79 Å². The van der Waals surface area contributed by atoms with Gasteiger partial charge in [-0.1, -0.05) is 0 Å². The molecule has 2 aliphatic rings. The number of rotatable bonds is 7. The van der Waals surface area contributed by atoms with Gasteiger partial charge in [-0.25, -0.2) is 9.98 Å². The molecule has 0 spiro atoms. The van der Waals surface area contributed by atoms with Crippen LogP contribution in [0.25, 0.3) is 0 Å². The van der Waals surface area contributed by atoms with Gasteiger partial charge in [0, 0.05) is 18.4 Å². The van der Waals surface area contributed by atoms with E-state index in [0.29, 0.717) is 30.6 Å². The minimum absolute atomic E-state index is 0.161. The molecule has 1 fully saturated rings. The summed E-state index contributed by atoms with van der Waals surface area (Å²) >= 11 is 0. The smallest absolute Gasteiger partial charge is 0.311 e. The molecule has 2 heterocycles. The van der Waals surface area contributed by atoms with Crippen LogP contribution in [0, 0.1) is 31.1 Å². The standard InChI is InChI=1S/C21H31N3O4/c1-12-16-19(23-13(2)22-12)28-18-15(8-10-27-20(26)21(3,4)5)11-14(7-6-9-25)17(18)24-16/h14-15,18,25H,6-11H2,1-5H3/t14-,15-,18+/m0/s1/i25T. The van der Waals surface area contributed by atoms with Crippen molar-refractivity contribution in [3.63, 3.8) is 0 Å². The highest BCUT2D eigenvalue weighted by atomic mass is 16.5. The van der Waals surface area contributed by atoms with E-state index in [1.54, 1.807) is 0 Å². The van der Waals surface area contributed by atoms with Gasteiger partial charge in [-0.05, 0) is 60.3 Å². The Morgan fingerprint density at radius 3 is 2.82 bits per heavy atom. The van der Waals surface area contributed by atoms with Crippen molar-refractivity contribution >= 4 is 17.4 Å². The summed E-state index contributed by atoms with van der Waals surface area (Å²) in [6.45, 7) is 10.1. The van der Waals surface area contributed by atoms with Crippen LogP contribution in [-0.4, -0.2) is 47.5 Å². The monoisotopic (exact) mass is 391 g/mol. The number of ether oxygens (including phenoxy) is 2. The van der Waals surface area contributed by atoms with Crippen LogP contribution in [0.15, 0.2) is 4.99 Å². The quantitative estimate of drug-likeness (QED) is 0.566. The zero-order valence-electron chi connectivity index (χ0n) is 18.4. The number of aliphatic imine (C=N–C) groups is 1. The molecule has 3 atom stereocenters. The highest BCUT2D eigenvalue weighted by Crippen LogP contribution is 2.43. The Morgan fingerprint density at radius 1 is 1.32 bits per heavy atom. The van der Waals surface area contributed by atoms with Gasteiger partial charge in [0.2, 0.25) is 7.31 Å². The molecule has 7 nitrogen and oxygen atoms in total. The number of nitrogens with zero attached hydrogens (tertiary/aromatic N) is 3. The van der Waals surface area contributed by atoms with E-state index in [1.807, 2.05) is 34.6 Å². The van der Waals surface area contributed by atoms with Gasteiger partial charge in [-0.2, -0.15) is 4.98 Å². The number of aliphatic hydroxyl groups excluding tert-OH is 1. The third kappa shape index (κ3) is 4.35. The molecule has 0 aromatic carbocycles. The van der Waals surface area contributed by atoms with E-state index >= 15 is 0 Å². The van der Waals surface area contributed by atoms with Crippen LogP contribution >= 0.6 is 0 Å². The summed E-state index contributed by atoms with van der Waals surface area (Å²) in [6, 6.07) is 0. The van der Waals surface area contributed by atoms with E-state index in [1.165, 1.54) is 0 Å². The zero-order valence-corrected chi connectivity index (χ0v) is 17.4. The summed E-state index contributed by atoms with van der Waals surface area (Å²) in [5, 5.41) is 4.48. The van der Waals surface area contributed by atoms with Gasteiger partial charge in [-0.15, -0.1) is 0 Å². The number of carbonyl (C=O) groups excluding carboxylic acids is 1. The van der Waals surface area contributed by atoms with Gasteiger partial charge >= 0.3 is 5.97 Å². The summed E-state index contributed by atoms with van der Waals surface area (Å²) in [7, 11) is 0. The van der Waals surface area contributed by atoms with E-state index in [9.17, 15) is 4.79 Å². The van der Waals surface area contributed by atoms with Gasteiger partial charge in [0.1, 0.15) is 17.6 Å². The highest BCUT2D eigenvalue weighted by molar-refractivity contribution is 5.97. The number of esters is 1. The van der Waals surface area contributed by atoms with Crippen molar-refractivity contribution in [1.82, 2.24) is 9.97 Å². The van der Waals surface area contributed by atoms with E-state index < -0.39 is 5.41 Å². The molecular formula is C21H31N3O4. The normalized spacial score (nSPS) is 24.0. The lowest BCUT2D eigenvalue weighted by atomic mass is 9.97. The molecular weight excluding hydrogens is 358 g/mol. The molecule has 7 heteroatoms. The second-order valence-corrected chi connectivity index (χ2v) is 8.80. The molecule has 0 unspecified atom stereocenters. The Hall–Kier alpha value is -2.02. The van der Waals surface area contributed by atoms with E-state index in [4.69, 9.17) is 15.9 Å². The third-order valence-electron chi connectivity index (χ3n) is 5.37. The zero-order chi connectivity index (χ0) is 21.2. The first-order chi connectivity index (χ1) is 13.7. The van der Waals surface area contributed by atoms with Gasteiger partial charge in [0.15, 0.2) is 0 Å². The first-order valence-corrected chi connectivity index (χ1v) is 10.1. The Morgan fingerprint density at radius 2 is 2.11 bits per heavy atom. The van der Waals surface area contributed by atoms with Crippen molar-refractivity contribution in [2.75, 3.05) is 13.2 Å². The molecule has 1 N–H and O–H groups in total. The first kappa shape index (κ1) is 19.3. The largest absolute Gasteiger partial charge is 0.466 e. The SMILES string of the molecule is [3H]OCCC[C@H]1C[C@H](CCOC(=O)C(C)(C)C)[C@H]2Oc3nc(C)nc(C)c3N=C12. The maximum atomic E-state index is 12.1. The van der Waals surface area contributed by atoms with Crippen LogP contribution in [0.2, 0.25) is 0 Å². The van der Waals surface area contributed by atoms with Crippen LogP contribution < -0.4 is 4.74 Å². The van der Waals surface area contributed by atoms with Crippen LogP contribution in [0.3, 0.4) is 0 Å². The summed E-state index contributed by atoms with van der Waals surface area (Å²) in [5.74, 6) is 1.47. The highest BCUT2D eigenvalue weighted by Gasteiger charge is 2.44. The molecule has 0 saturated heterocycles. The van der Waals surface area contributed by atoms with Crippen LogP contribution in [-0.2, 0) is 9.53 Å². The molecule has 1 saturated carbocycles. The molecule has 1 aliphatic carbocycles. The summed E-state index contributed by atoms with van der Waals surface area (Å²) in [4.78, 5) is 25.8. The average Bonchev–Trinajstić information content (AvgIpc) is 2.96. The fourth-order valence-electron chi connectivity index (χ4n) is 3.91. The topological polar surface area (TPSA) is 93.9 Å². The molecule has 28 heavy (non-hydrogen) atoms. The molecule has 1 aromatic rings. The summed E-state index contributed by atoms with van der Waals surface area (Å²) in [5.41, 5.74) is 2.04. The summed E-state index contributed by atoms with van der Waals surface area (Å²) in [6.07, 6.45) is 3.15. The van der Waals surface area contributed by atoms with Crippen LogP contribution in [0.4, 0.5) is 5.69 Å². The molecule has 0 radical (unpaired) electrons. The Bertz CT molecular complexity index is 791. The van der Waals surface area contributed by atoms with E-state index in [2.05, 4.69) is 15.1 Å². The Kier molecular flexibility index (Phi) is 5.62. The lowest BCUT2D eigenvalue weighted by Crippen LogP contribution is -2.34.